The van der Waals surface area contributed by atoms with Crippen molar-refractivity contribution in [2.24, 2.45) is 0 Å². The minimum atomic E-state index is -3.55. The lowest BCUT2D eigenvalue weighted by Gasteiger charge is -2.44. The van der Waals surface area contributed by atoms with Crippen LogP contribution in [0.3, 0.4) is 0 Å². The second-order valence-corrected chi connectivity index (χ2v) is 12.0. The van der Waals surface area contributed by atoms with Crippen molar-refractivity contribution in [3.8, 4) is 5.75 Å². The molecule has 0 unspecified atom stereocenters. The average molecular weight is 300 g/mol. The van der Waals surface area contributed by atoms with Crippen molar-refractivity contribution in [1.29, 1.82) is 0 Å². The second kappa shape index (κ2) is 4.91. The second-order valence-electron chi connectivity index (χ2n) is 7.16. The Morgan fingerprint density at radius 1 is 1.20 bits per heavy atom. The number of ether oxygens (including phenoxy) is 1. The molecule has 0 fully saturated rings. The summed E-state index contributed by atoms with van der Waals surface area (Å²) in [6.07, 6.45) is 1.25. The van der Waals surface area contributed by atoms with Gasteiger partial charge in [-0.1, -0.05) is 41.5 Å². The fraction of sp³-hybridized carbons (Fsp3) is 0.643. The van der Waals surface area contributed by atoms with Crippen molar-refractivity contribution in [2.45, 2.75) is 51.6 Å². The maximum Gasteiger partial charge on any atom is 0.295 e. The molecule has 0 atom stereocenters. The largest absolute Gasteiger partial charge is 0.711 e. The highest BCUT2D eigenvalue weighted by Gasteiger charge is 2.58. The van der Waals surface area contributed by atoms with E-state index in [0.717, 1.165) is 0 Å². The summed E-state index contributed by atoms with van der Waals surface area (Å²) in [5.74, 6) is 0.360. The van der Waals surface area contributed by atoms with E-state index in [-0.39, 0.29) is 5.82 Å². The maximum atomic E-state index is 16.2. The first-order chi connectivity index (χ1) is 8.86. The number of nitrogen functional groups attached to an aromatic ring is 1. The number of anilines is 1. The van der Waals surface area contributed by atoms with E-state index in [1.54, 1.807) is 0 Å². The van der Waals surface area contributed by atoms with Gasteiger partial charge in [0.25, 0.3) is 14.2 Å². The van der Waals surface area contributed by atoms with Crippen LogP contribution in [0.2, 0.25) is 10.1 Å². The van der Waals surface area contributed by atoms with Crippen LogP contribution in [0.1, 0.15) is 41.5 Å². The number of hydrogen-bond donors (Lipinski definition) is 1. The molecular weight excluding hydrogens is 275 g/mol. The summed E-state index contributed by atoms with van der Waals surface area (Å²) in [4.78, 5) is 0. The number of hydrogen-bond acceptors (Lipinski definition) is 3. The van der Waals surface area contributed by atoms with Gasteiger partial charge in [-0.05, 0) is 10.1 Å². The van der Waals surface area contributed by atoms with Crippen molar-refractivity contribution in [3.05, 3.63) is 17.5 Å². The van der Waals surface area contributed by atoms with Gasteiger partial charge in [0.15, 0.2) is 0 Å². The Bertz CT molecular complexity index is 493. The van der Waals surface area contributed by atoms with Crippen molar-refractivity contribution in [2.75, 3.05) is 12.8 Å². The molecule has 114 valence electrons. The first-order valence-electron chi connectivity index (χ1n) is 6.62. The molecule has 1 heterocycles. The molecule has 0 spiro atoms. The molecule has 6 heteroatoms. The summed E-state index contributed by atoms with van der Waals surface area (Å²) in [6.45, 7) is 11.2. The predicted octanol–water partition coefficient (Wildman–Crippen LogP) is 2.63. The summed E-state index contributed by atoms with van der Waals surface area (Å²) in [7, 11) is -2.08. The average Bonchev–Trinajstić information content (AvgIpc) is 2.28. The molecule has 0 bridgehead atoms. The molecule has 0 saturated carbocycles. The highest BCUT2D eigenvalue weighted by atomic mass is 28.4. The van der Waals surface area contributed by atoms with Crippen LogP contribution in [0.15, 0.2) is 12.3 Å². The Labute approximate surface area is 121 Å². The number of methoxy groups -OCH3 is 1. The SMILES string of the molecule is COc1cc(N)[n+]([O-])cc1[Si](F)(C(C)(C)C)C(C)(C)C. The molecule has 0 aliphatic rings. The Morgan fingerprint density at radius 2 is 1.65 bits per heavy atom. The minimum Gasteiger partial charge on any atom is -0.711 e. The van der Waals surface area contributed by atoms with Gasteiger partial charge in [0.2, 0.25) is 0 Å². The molecule has 0 saturated heterocycles. The molecule has 2 N–H and O–H groups in total. The number of pyridine rings is 1. The third kappa shape index (κ3) is 2.48. The van der Waals surface area contributed by atoms with E-state index in [1.807, 2.05) is 41.5 Å². The molecule has 0 aliphatic heterocycles. The molecule has 0 aliphatic carbocycles. The maximum absolute atomic E-state index is 16.2. The van der Waals surface area contributed by atoms with Crippen LogP contribution in [-0.4, -0.2) is 15.5 Å². The highest BCUT2D eigenvalue weighted by molar-refractivity contribution is 6.91. The van der Waals surface area contributed by atoms with Crippen LogP contribution in [0.5, 0.6) is 5.75 Å². The summed E-state index contributed by atoms with van der Waals surface area (Å²) >= 11 is 0. The molecule has 1 aromatic heterocycles. The highest BCUT2D eigenvalue weighted by Crippen LogP contribution is 2.52. The molecule has 0 aromatic carbocycles. The number of halogens is 1. The molecular formula is C14H25FN2O2Si. The van der Waals surface area contributed by atoms with Crippen LogP contribution in [0.25, 0.3) is 0 Å². The number of aromatic nitrogens is 1. The lowest BCUT2D eigenvalue weighted by molar-refractivity contribution is -0.589. The fourth-order valence-corrected chi connectivity index (χ4v) is 7.57. The molecule has 0 radical (unpaired) electrons. The van der Waals surface area contributed by atoms with E-state index in [4.69, 9.17) is 10.5 Å². The van der Waals surface area contributed by atoms with E-state index in [0.29, 0.717) is 15.7 Å². The zero-order chi connectivity index (χ0) is 15.9. The normalized spacial score (nSPS) is 13.4. The van der Waals surface area contributed by atoms with Gasteiger partial charge in [-0.15, -0.1) is 0 Å². The Kier molecular flexibility index (Phi) is 4.11. The van der Waals surface area contributed by atoms with Crippen molar-refractivity contribution >= 4 is 19.4 Å². The van der Waals surface area contributed by atoms with Gasteiger partial charge < -0.3 is 14.1 Å². The van der Waals surface area contributed by atoms with Crippen molar-refractivity contribution < 1.29 is 13.6 Å². The third-order valence-electron chi connectivity index (χ3n) is 3.70. The van der Waals surface area contributed by atoms with E-state index in [1.165, 1.54) is 19.4 Å². The summed E-state index contributed by atoms with van der Waals surface area (Å²) < 4.78 is 22.0. The van der Waals surface area contributed by atoms with E-state index in [9.17, 15) is 5.21 Å². The van der Waals surface area contributed by atoms with Crippen molar-refractivity contribution in [1.82, 2.24) is 0 Å². The topological polar surface area (TPSA) is 62.2 Å². The summed E-state index contributed by atoms with van der Waals surface area (Å²) in [6, 6.07) is 1.40. The van der Waals surface area contributed by atoms with E-state index >= 15 is 4.11 Å². The molecule has 4 nitrogen and oxygen atoms in total. The Hall–Kier alpha value is -1.30. The first kappa shape index (κ1) is 16.8. The summed E-state index contributed by atoms with van der Waals surface area (Å²) in [5.41, 5.74) is 5.59. The van der Waals surface area contributed by atoms with Gasteiger partial charge in [-0.25, -0.2) is 4.73 Å². The Morgan fingerprint density at radius 3 is 2.00 bits per heavy atom. The number of nitrogens with two attached hydrogens (primary N) is 1. The Balaban J connectivity index is 3.72. The van der Waals surface area contributed by atoms with Gasteiger partial charge in [0.1, 0.15) is 5.75 Å². The van der Waals surface area contributed by atoms with Crippen LogP contribution >= 0.6 is 0 Å². The first-order valence-corrected chi connectivity index (χ1v) is 8.50. The van der Waals surface area contributed by atoms with Crippen molar-refractivity contribution in [3.63, 3.8) is 0 Å². The van der Waals surface area contributed by atoms with Crippen LogP contribution in [0.4, 0.5) is 9.93 Å². The number of rotatable bonds is 2. The van der Waals surface area contributed by atoms with Gasteiger partial charge in [0.05, 0.1) is 24.6 Å². The summed E-state index contributed by atoms with van der Waals surface area (Å²) in [5, 5.41) is 11.0. The van der Waals surface area contributed by atoms with Crippen LogP contribution < -0.4 is 20.4 Å². The van der Waals surface area contributed by atoms with Gasteiger partial charge >= 0.3 is 0 Å². The van der Waals surface area contributed by atoms with Crippen LogP contribution in [-0.2, 0) is 0 Å². The minimum absolute atomic E-state index is 0.00442. The van der Waals surface area contributed by atoms with Crippen LogP contribution in [0, 0.1) is 5.21 Å². The van der Waals surface area contributed by atoms with Gasteiger partial charge in [-0.2, -0.15) is 0 Å². The number of nitrogens with zero attached hydrogens (tertiary/aromatic N) is 1. The zero-order valence-corrected chi connectivity index (χ0v) is 14.4. The molecule has 1 rings (SSSR count). The smallest absolute Gasteiger partial charge is 0.295 e. The third-order valence-corrected chi connectivity index (χ3v) is 8.95. The van der Waals surface area contributed by atoms with Gasteiger partial charge in [0, 0.05) is 0 Å². The lowest BCUT2D eigenvalue weighted by Crippen LogP contribution is -2.60. The quantitative estimate of drug-likeness (QED) is 0.395. The predicted molar refractivity (Wildman–Crippen MR) is 82.3 cm³/mol. The fourth-order valence-electron chi connectivity index (χ4n) is 2.89. The monoisotopic (exact) mass is 300 g/mol. The lowest BCUT2D eigenvalue weighted by atomic mass is 10.2. The molecule has 0 amide bonds. The molecule has 20 heavy (non-hydrogen) atoms. The standard InChI is InChI=1S/C14H25FN2O2Si/c1-13(2,3)20(15,14(4,5)6)11-9-17(18)12(16)8-10(11)19-7/h8-9H,16H2,1-7H3. The zero-order valence-electron chi connectivity index (χ0n) is 13.4. The van der Waals surface area contributed by atoms with Gasteiger partial charge in [-0.3, -0.25) is 5.73 Å². The molecule has 1 aromatic rings. The van der Waals surface area contributed by atoms with E-state index < -0.39 is 18.5 Å². The van der Waals surface area contributed by atoms with E-state index in [2.05, 4.69) is 0 Å².